The van der Waals surface area contributed by atoms with Gasteiger partial charge >= 0.3 is 0 Å². The van der Waals surface area contributed by atoms with Crippen LogP contribution in [0, 0.1) is 5.92 Å². The fourth-order valence-electron chi connectivity index (χ4n) is 2.11. The van der Waals surface area contributed by atoms with Crippen LogP contribution in [-0.4, -0.2) is 13.2 Å². The number of ether oxygens (including phenoxy) is 1. The van der Waals surface area contributed by atoms with Gasteiger partial charge in [-0.25, -0.2) is 0 Å². The van der Waals surface area contributed by atoms with Crippen molar-refractivity contribution in [2.24, 2.45) is 11.7 Å². The van der Waals surface area contributed by atoms with Crippen molar-refractivity contribution in [3.8, 4) is 0 Å². The largest absolute Gasteiger partial charge is 0.381 e. The lowest BCUT2D eigenvalue weighted by Gasteiger charge is -2.28. The van der Waals surface area contributed by atoms with Gasteiger partial charge in [0.2, 0.25) is 0 Å². The van der Waals surface area contributed by atoms with Crippen LogP contribution < -0.4 is 5.73 Å². The molecule has 0 aromatic heterocycles. The third-order valence-corrected chi connectivity index (χ3v) is 3.48. The molecule has 0 bridgehead atoms. The summed E-state index contributed by atoms with van der Waals surface area (Å²) in [6.45, 7) is 1.60. The Morgan fingerprint density at radius 3 is 2.25 bits per heavy atom. The van der Waals surface area contributed by atoms with Crippen LogP contribution >= 0.6 is 23.2 Å². The Balaban J connectivity index is 2.15. The van der Waals surface area contributed by atoms with E-state index < -0.39 is 0 Å². The highest BCUT2D eigenvalue weighted by molar-refractivity contribution is 6.34. The van der Waals surface area contributed by atoms with Crippen molar-refractivity contribution in [2.75, 3.05) is 13.2 Å². The molecule has 2 nitrogen and oxygen atoms in total. The number of benzene rings is 1. The zero-order valence-electron chi connectivity index (χ0n) is 8.96. The van der Waals surface area contributed by atoms with Gasteiger partial charge in [-0.1, -0.05) is 23.2 Å². The Labute approximate surface area is 106 Å². The van der Waals surface area contributed by atoms with Crippen molar-refractivity contribution in [3.63, 3.8) is 0 Å². The number of halogens is 2. The Morgan fingerprint density at radius 2 is 1.69 bits per heavy atom. The van der Waals surface area contributed by atoms with Gasteiger partial charge < -0.3 is 10.5 Å². The highest BCUT2D eigenvalue weighted by Crippen LogP contribution is 2.31. The summed E-state index contributed by atoms with van der Waals surface area (Å²) >= 11 is 11.9. The van der Waals surface area contributed by atoms with E-state index in [9.17, 15) is 0 Å². The fraction of sp³-hybridized carbons (Fsp3) is 0.500. The van der Waals surface area contributed by atoms with E-state index in [1.54, 1.807) is 6.07 Å². The second-order valence-electron chi connectivity index (χ2n) is 4.18. The van der Waals surface area contributed by atoms with Crippen molar-refractivity contribution < 1.29 is 4.74 Å². The van der Waals surface area contributed by atoms with E-state index in [1.165, 1.54) is 0 Å². The molecule has 1 aromatic rings. The van der Waals surface area contributed by atoms with Gasteiger partial charge in [0.1, 0.15) is 0 Å². The first-order chi connectivity index (χ1) is 7.66. The molecular formula is C12H15Cl2NO. The Morgan fingerprint density at radius 1 is 1.12 bits per heavy atom. The molecule has 4 heteroatoms. The van der Waals surface area contributed by atoms with Gasteiger partial charge in [0.15, 0.2) is 0 Å². The molecule has 0 radical (unpaired) electrons. The molecule has 1 aromatic carbocycles. The van der Waals surface area contributed by atoms with E-state index in [4.69, 9.17) is 33.7 Å². The van der Waals surface area contributed by atoms with E-state index in [0.717, 1.165) is 31.6 Å². The summed E-state index contributed by atoms with van der Waals surface area (Å²) in [5.41, 5.74) is 7.25. The van der Waals surface area contributed by atoms with Gasteiger partial charge in [-0.05, 0) is 42.5 Å². The summed E-state index contributed by atoms with van der Waals surface area (Å²) in [7, 11) is 0. The van der Waals surface area contributed by atoms with Crippen LogP contribution in [0.2, 0.25) is 10.0 Å². The second-order valence-corrected chi connectivity index (χ2v) is 5.05. The van der Waals surface area contributed by atoms with Gasteiger partial charge in [0, 0.05) is 29.3 Å². The van der Waals surface area contributed by atoms with Gasteiger partial charge in [0.25, 0.3) is 0 Å². The lowest BCUT2D eigenvalue weighted by Crippen LogP contribution is -2.27. The van der Waals surface area contributed by atoms with Crippen LogP contribution in [0.25, 0.3) is 0 Å². The molecule has 1 aliphatic heterocycles. The lowest BCUT2D eigenvalue weighted by molar-refractivity contribution is 0.0584. The fourth-order valence-corrected chi connectivity index (χ4v) is 2.66. The van der Waals surface area contributed by atoms with E-state index in [0.29, 0.717) is 16.0 Å². The molecule has 1 aliphatic rings. The molecule has 0 amide bonds. The van der Waals surface area contributed by atoms with Gasteiger partial charge in [0.05, 0.1) is 0 Å². The second kappa shape index (κ2) is 5.37. The third kappa shape index (κ3) is 2.89. The monoisotopic (exact) mass is 259 g/mol. The Bertz CT molecular complexity index is 344. The van der Waals surface area contributed by atoms with E-state index >= 15 is 0 Å². The zero-order chi connectivity index (χ0) is 11.5. The molecule has 0 unspecified atom stereocenters. The van der Waals surface area contributed by atoms with Crippen LogP contribution in [0.4, 0.5) is 0 Å². The Kier molecular flexibility index (Phi) is 4.09. The van der Waals surface area contributed by atoms with Crippen molar-refractivity contribution in [1.82, 2.24) is 0 Å². The summed E-state index contributed by atoms with van der Waals surface area (Å²) in [5.74, 6) is 0.461. The molecule has 1 atom stereocenters. The maximum atomic E-state index is 6.23. The number of nitrogens with two attached hydrogens (primary N) is 1. The first-order valence-electron chi connectivity index (χ1n) is 5.46. The molecule has 1 fully saturated rings. The minimum absolute atomic E-state index is 0.0000926. The average molecular weight is 260 g/mol. The molecule has 1 heterocycles. The first kappa shape index (κ1) is 12.2. The smallest absolute Gasteiger partial charge is 0.0469 e. The SMILES string of the molecule is N[C@H](c1cc(Cl)cc(Cl)c1)C1CCOCC1. The zero-order valence-corrected chi connectivity index (χ0v) is 10.5. The molecule has 2 N–H and O–H groups in total. The summed E-state index contributed by atoms with van der Waals surface area (Å²) in [6, 6.07) is 5.52. The maximum absolute atomic E-state index is 6.23. The van der Waals surface area contributed by atoms with Crippen LogP contribution in [0.1, 0.15) is 24.4 Å². The summed E-state index contributed by atoms with van der Waals surface area (Å²) in [4.78, 5) is 0. The van der Waals surface area contributed by atoms with Crippen LogP contribution in [-0.2, 0) is 4.74 Å². The van der Waals surface area contributed by atoms with Gasteiger partial charge in [-0.15, -0.1) is 0 Å². The predicted octanol–water partition coefficient (Wildman–Crippen LogP) is 3.42. The molecule has 0 saturated carbocycles. The minimum atomic E-state index is 0.0000926. The Hall–Kier alpha value is -0.280. The highest BCUT2D eigenvalue weighted by Gasteiger charge is 2.22. The summed E-state index contributed by atoms with van der Waals surface area (Å²) < 4.78 is 5.33. The highest BCUT2D eigenvalue weighted by atomic mass is 35.5. The molecule has 0 spiro atoms. The third-order valence-electron chi connectivity index (χ3n) is 3.04. The lowest BCUT2D eigenvalue weighted by atomic mass is 9.88. The normalized spacial score (nSPS) is 19.7. The number of hydrogen-bond acceptors (Lipinski definition) is 2. The molecular weight excluding hydrogens is 245 g/mol. The van der Waals surface area contributed by atoms with Gasteiger partial charge in [-0.3, -0.25) is 0 Å². The molecule has 88 valence electrons. The van der Waals surface area contributed by atoms with E-state index in [-0.39, 0.29) is 6.04 Å². The predicted molar refractivity (Wildman–Crippen MR) is 66.9 cm³/mol. The topological polar surface area (TPSA) is 35.2 Å². The first-order valence-corrected chi connectivity index (χ1v) is 6.22. The maximum Gasteiger partial charge on any atom is 0.0469 e. The van der Waals surface area contributed by atoms with E-state index in [2.05, 4.69) is 0 Å². The number of rotatable bonds is 2. The van der Waals surface area contributed by atoms with Gasteiger partial charge in [-0.2, -0.15) is 0 Å². The quantitative estimate of drug-likeness (QED) is 0.884. The molecule has 0 aliphatic carbocycles. The van der Waals surface area contributed by atoms with E-state index in [1.807, 2.05) is 12.1 Å². The molecule has 1 saturated heterocycles. The van der Waals surface area contributed by atoms with Crippen molar-refractivity contribution in [3.05, 3.63) is 33.8 Å². The van der Waals surface area contributed by atoms with Crippen LogP contribution in [0.5, 0.6) is 0 Å². The standard InChI is InChI=1S/C12H15Cl2NO/c13-10-5-9(6-11(14)7-10)12(15)8-1-3-16-4-2-8/h5-8,12H,1-4,15H2/t12-/m0/s1. The van der Waals surface area contributed by atoms with Crippen molar-refractivity contribution in [2.45, 2.75) is 18.9 Å². The van der Waals surface area contributed by atoms with Crippen LogP contribution in [0.3, 0.4) is 0 Å². The molecule has 16 heavy (non-hydrogen) atoms. The molecule has 2 rings (SSSR count). The summed E-state index contributed by atoms with van der Waals surface area (Å²) in [6.07, 6.45) is 2.01. The van der Waals surface area contributed by atoms with Crippen molar-refractivity contribution in [1.29, 1.82) is 0 Å². The summed E-state index contributed by atoms with van der Waals surface area (Å²) in [5, 5.41) is 1.29. The minimum Gasteiger partial charge on any atom is -0.381 e. The van der Waals surface area contributed by atoms with Crippen molar-refractivity contribution >= 4 is 23.2 Å². The number of hydrogen-bond donors (Lipinski definition) is 1. The van der Waals surface area contributed by atoms with Crippen LogP contribution in [0.15, 0.2) is 18.2 Å². The average Bonchev–Trinajstić information content (AvgIpc) is 2.28.